The van der Waals surface area contributed by atoms with Gasteiger partial charge in [0.05, 0.1) is 5.56 Å². The number of hydrogen-bond acceptors (Lipinski definition) is 7. The van der Waals surface area contributed by atoms with Crippen molar-refractivity contribution in [3.8, 4) is 22.8 Å². The van der Waals surface area contributed by atoms with E-state index in [0.717, 1.165) is 20.7 Å². The van der Waals surface area contributed by atoms with Gasteiger partial charge in [0.2, 0.25) is 11.7 Å². The summed E-state index contributed by atoms with van der Waals surface area (Å²) in [6.07, 6.45) is 3.55. The Morgan fingerprint density at radius 3 is 2.79 bits per heavy atom. The summed E-state index contributed by atoms with van der Waals surface area (Å²) >= 11 is 1.58. The minimum absolute atomic E-state index is 0.234. The summed E-state index contributed by atoms with van der Waals surface area (Å²) in [5.41, 5.74) is 2.94. The predicted octanol–water partition coefficient (Wildman–Crippen LogP) is 3.88. The SMILES string of the molecule is CSc1cccc(NC(=O)Cn2nc3c(-c4nc(-c5cccc(C)c5)no4)cccn3c2=O)c1. The van der Waals surface area contributed by atoms with E-state index in [1.165, 1.54) is 4.40 Å². The fraction of sp³-hybridized carbons (Fsp3) is 0.125. The van der Waals surface area contributed by atoms with Gasteiger partial charge in [0.15, 0.2) is 5.65 Å². The molecule has 3 aromatic heterocycles. The molecule has 0 fully saturated rings. The molecule has 0 aliphatic heterocycles. The lowest BCUT2D eigenvalue weighted by Crippen LogP contribution is -2.28. The van der Waals surface area contributed by atoms with Crippen LogP contribution in [-0.4, -0.2) is 36.5 Å². The molecule has 0 atom stereocenters. The zero-order valence-corrected chi connectivity index (χ0v) is 19.2. The number of benzene rings is 2. The number of nitrogens with one attached hydrogen (secondary N) is 1. The van der Waals surface area contributed by atoms with Crippen LogP contribution in [0.25, 0.3) is 28.5 Å². The third-order valence-electron chi connectivity index (χ3n) is 5.19. The van der Waals surface area contributed by atoms with Crippen LogP contribution in [0.2, 0.25) is 0 Å². The standard InChI is InChI=1S/C24H20N6O3S/c1-15-6-3-7-16(12-15)21-26-23(33-28-21)19-10-5-11-29-22(19)27-30(24(29)32)14-20(31)25-17-8-4-9-18(13-17)34-2/h3-13H,14H2,1-2H3,(H,25,31). The predicted molar refractivity (Wildman–Crippen MR) is 130 cm³/mol. The highest BCUT2D eigenvalue weighted by Gasteiger charge is 2.18. The van der Waals surface area contributed by atoms with E-state index in [2.05, 4.69) is 20.6 Å². The van der Waals surface area contributed by atoms with Crippen LogP contribution in [0.4, 0.5) is 5.69 Å². The van der Waals surface area contributed by atoms with Crippen LogP contribution in [0.1, 0.15) is 5.56 Å². The fourth-order valence-corrected chi connectivity index (χ4v) is 4.04. The second-order valence-corrected chi connectivity index (χ2v) is 8.51. The van der Waals surface area contributed by atoms with Gasteiger partial charge in [-0.3, -0.25) is 4.79 Å². The first-order chi connectivity index (χ1) is 16.5. The van der Waals surface area contributed by atoms with Crippen LogP contribution in [0.5, 0.6) is 0 Å². The summed E-state index contributed by atoms with van der Waals surface area (Å²) < 4.78 is 7.95. The number of carbonyl (C=O) groups is 1. The van der Waals surface area contributed by atoms with Crippen LogP contribution < -0.4 is 11.0 Å². The van der Waals surface area contributed by atoms with Gasteiger partial charge >= 0.3 is 5.69 Å². The number of thioether (sulfide) groups is 1. The molecular weight excluding hydrogens is 452 g/mol. The molecule has 5 aromatic rings. The minimum atomic E-state index is -0.441. The Hall–Kier alpha value is -4.18. The Morgan fingerprint density at radius 1 is 1.12 bits per heavy atom. The van der Waals surface area contributed by atoms with E-state index in [0.29, 0.717) is 22.7 Å². The van der Waals surface area contributed by atoms with E-state index in [1.54, 1.807) is 36.2 Å². The lowest BCUT2D eigenvalue weighted by atomic mass is 10.1. The molecular formula is C24H20N6O3S. The van der Waals surface area contributed by atoms with E-state index >= 15 is 0 Å². The first kappa shape index (κ1) is 21.7. The van der Waals surface area contributed by atoms with Crippen molar-refractivity contribution in [3.63, 3.8) is 0 Å². The Bertz CT molecular complexity index is 1570. The molecule has 0 unspecified atom stereocenters. The van der Waals surface area contributed by atoms with Crippen LogP contribution in [0, 0.1) is 6.92 Å². The molecule has 170 valence electrons. The Kier molecular flexibility index (Phi) is 5.72. The van der Waals surface area contributed by atoms with Crippen LogP contribution >= 0.6 is 11.8 Å². The summed E-state index contributed by atoms with van der Waals surface area (Å²) in [5, 5.41) is 11.3. The number of carbonyl (C=O) groups excluding carboxylic acids is 1. The quantitative estimate of drug-likeness (QED) is 0.374. The molecule has 34 heavy (non-hydrogen) atoms. The van der Waals surface area contributed by atoms with Crippen molar-refractivity contribution in [3.05, 3.63) is 82.9 Å². The molecule has 5 rings (SSSR count). The van der Waals surface area contributed by atoms with Gasteiger partial charge in [0.25, 0.3) is 5.89 Å². The number of anilines is 1. The highest BCUT2D eigenvalue weighted by molar-refractivity contribution is 7.98. The van der Waals surface area contributed by atoms with Crippen LogP contribution in [0.3, 0.4) is 0 Å². The smallest absolute Gasteiger partial charge is 0.333 e. The third-order valence-corrected chi connectivity index (χ3v) is 5.91. The number of fused-ring (bicyclic) bond motifs is 1. The van der Waals surface area contributed by atoms with Gasteiger partial charge in [-0.25, -0.2) is 13.9 Å². The first-order valence-electron chi connectivity index (χ1n) is 10.4. The number of aromatic nitrogens is 5. The maximum absolute atomic E-state index is 12.9. The molecule has 0 radical (unpaired) electrons. The lowest BCUT2D eigenvalue weighted by Gasteiger charge is -2.06. The van der Waals surface area contributed by atoms with E-state index in [-0.39, 0.29) is 18.3 Å². The number of nitrogens with zero attached hydrogens (tertiary/aromatic N) is 5. The molecule has 0 saturated carbocycles. The van der Waals surface area contributed by atoms with E-state index < -0.39 is 5.69 Å². The van der Waals surface area contributed by atoms with Crippen molar-refractivity contribution in [2.24, 2.45) is 0 Å². The number of aryl methyl sites for hydroxylation is 1. The summed E-state index contributed by atoms with van der Waals surface area (Å²) in [7, 11) is 0. The molecule has 0 aliphatic rings. The number of pyridine rings is 1. The molecule has 1 amide bonds. The zero-order chi connectivity index (χ0) is 23.7. The van der Waals surface area contributed by atoms with Crippen LogP contribution in [-0.2, 0) is 11.3 Å². The molecule has 10 heteroatoms. The normalized spacial score (nSPS) is 11.1. The summed E-state index contributed by atoms with van der Waals surface area (Å²) in [5.74, 6) is 0.316. The molecule has 2 aromatic carbocycles. The van der Waals surface area contributed by atoms with Crippen LogP contribution in [0.15, 0.2) is 81.1 Å². The Morgan fingerprint density at radius 2 is 1.97 bits per heavy atom. The summed E-state index contributed by atoms with van der Waals surface area (Å²) in [6, 6.07) is 18.7. The van der Waals surface area contributed by atoms with Gasteiger partial charge in [-0.05, 0) is 49.6 Å². The molecule has 0 bridgehead atoms. The summed E-state index contributed by atoms with van der Waals surface area (Å²) in [6.45, 7) is 1.75. The summed E-state index contributed by atoms with van der Waals surface area (Å²) in [4.78, 5) is 31.0. The topological polar surface area (TPSA) is 107 Å². The first-order valence-corrected chi connectivity index (χ1v) is 11.7. The fourth-order valence-electron chi connectivity index (χ4n) is 3.58. The van der Waals surface area contributed by atoms with Gasteiger partial charge in [-0.2, -0.15) is 4.98 Å². The molecule has 0 spiro atoms. The highest BCUT2D eigenvalue weighted by atomic mass is 32.2. The minimum Gasteiger partial charge on any atom is -0.333 e. The maximum Gasteiger partial charge on any atom is 0.350 e. The Balaban J connectivity index is 1.44. The van der Waals surface area contributed by atoms with E-state index in [4.69, 9.17) is 4.52 Å². The second-order valence-electron chi connectivity index (χ2n) is 7.63. The van der Waals surface area contributed by atoms with Crippen molar-refractivity contribution < 1.29 is 9.32 Å². The van der Waals surface area contributed by atoms with Crippen molar-refractivity contribution in [2.75, 3.05) is 11.6 Å². The number of amides is 1. The highest BCUT2D eigenvalue weighted by Crippen LogP contribution is 2.25. The second kappa shape index (κ2) is 8.99. The molecule has 3 heterocycles. The van der Waals surface area contributed by atoms with Gasteiger partial charge in [0, 0.05) is 22.3 Å². The van der Waals surface area contributed by atoms with Crippen molar-refractivity contribution in [1.29, 1.82) is 0 Å². The van der Waals surface area contributed by atoms with Gasteiger partial charge < -0.3 is 9.84 Å². The molecule has 1 N–H and O–H groups in total. The average molecular weight is 473 g/mol. The lowest BCUT2D eigenvalue weighted by molar-refractivity contribution is -0.117. The largest absolute Gasteiger partial charge is 0.350 e. The monoisotopic (exact) mass is 472 g/mol. The molecule has 0 saturated heterocycles. The van der Waals surface area contributed by atoms with E-state index in [9.17, 15) is 9.59 Å². The third kappa shape index (κ3) is 4.23. The van der Waals surface area contributed by atoms with Gasteiger partial charge in [-0.1, -0.05) is 35.0 Å². The Labute approximate surface area is 198 Å². The van der Waals surface area contributed by atoms with Crippen molar-refractivity contribution >= 4 is 29.0 Å². The molecule has 9 nitrogen and oxygen atoms in total. The van der Waals surface area contributed by atoms with Crippen molar-refractivity contribution in [2.45, 2.75) is 18.4 Å². The van der Waals surface area contributed by atoms with Crippen molar-refractivity contribution in [1.82, 2.24) is 24.3 Å². The number of rotatable bonds is 6. The average Bonchev–Trinajstić information content (AvgIpc) is 3.45. The maximum atomic E-state index is 12.9. The van der Waals surface area contributed by atoms with Gasteiger partial charge in [-0.15, -0.1) is 16.9 Å². The molecule has 0 aliphatic carbocycles. The number of hydrogen-bond donors (Lipinski definition) is 1. The zero-order valence-electron chi connectivity index (χ0n) is 18.4. The van der Waals surface area contributed by atoms with E-state index in [1.807, 2.05) is 55.6 Å². The van der Waals surface area contributed by atoms with Gasteiger partial charge in [0.1, 0.15) is 6.54 Å².